The Labute approximate surface area is 174 Å². The van der Waals surface area contributed by atoms with Crippen LogP contribution >= 0.6 is 22.7 Å². The van der Waals surface area contributed by atoms with E-state index in [1.165, 1.54) is 22.7 Å². The van der Waals surface area contributed by atoms with Crippen LogP contribution in [0.15, 0.2) is 72.8 Å². The van der Waals surface area contributed by atoms with Gasteiger partial charge in [-0.25, -0.2) is 9.59 Å². The van der Waals surface area contributed by atoms with Crippen molar-refractivity contribution in [2.24, 2.45) is 0 Å². The van der Waals surface area contributed by atoms with Crippen LogP contribution in [0.1, 0.15) is 19.3 Å². The summed E-state index contributed by atoms with van der Waals surface area (Å²) in [5.74, 6) is -0.514. The first kappa shape index (κ1) is 18.9. The topological polar surface area (TPSA) is 83.8 Å². The van der Waals surface area contributed by atoms with Gasteiger partial charge in [0, 0.05) is 9.75 Å². The normalized spacial score (nSPS) is 10.6. The number of benzene rings is 2. The van der Waals surface area contributed by atoms with E-state index in [9.17, 15) is 9.59 Å². The van der Waals surface area contributed by atoms with E-state index in [4.69, 9.17) is 14.9 Å². The maximum atomic E-state index is 11.0. The van der Waals surface area contributed by atoms with E-state index in [0.29, 0.717) is 21.3 Å². The van der Waals surface area contributed by atoms with Gasteiger partial charge in [-0.15, -0.1) is 22.7 Å². The second kappa shape index (κ2) is 7.90. The Balaban J connectivity index is 1.46. The number of rotatable bonds is 6. The van der Waals surface area contributed by atoms with Crippen molar-refractivity contribution in [2.75, 3.05) is 0 Å². The van der Waals surface area contributed by atoms with Gasteiger partial charge in [-0.1, -0.05) is 0 Å². The quantitative estimate of drug-likeness (QED) is 0.379. The lowest BCUT2D eigenvalue weighted by atomic mass is 10.1. The molecule has 29 heavy (non-hydrogen) atoms. The summed E-state index contributed by atoms with van der Waals surface area (Å²) in [6, 6.07) is 21.7. The molecular weight excluding hydrogens is 408 g/mol. The number of thiophene rings is 2. The number of carboxylic acid groups (broad SMARTS) is 2. The fourth-order valence-corrected chi connectivity index (χ4v) is 4.43. The summed E-state index contributed by atoms with van der Waals surface area (Å²) in [5.41, 5.74) is 1.86. The molecule has 0 aliphatic carbocycles. The summed E-state index contributed by atoms with van der Waals surface area (Å²) >= 11 is 2.46. The van der Waals surface area contributed by atoms with Crippen LogP contribution in [0.25, 0.3) is 20.9 Å². The molecule has 0 radical (unpaired) electrons. The number of carboxylic acids is 2. The lowest BCUT2D eigenvalue weighted by Crippen LogP contribution is -1.89. The van der Waals surface area contributed by atoms with Crippen molar-refractivity contribution < 1.29 is 24.5 Å². The van der Waals surface area contributed by atoms with Gasteiger partial charge in [0.2, 0.25) is 0 Å². The zero-order valence-corrected chi connectivity index (χ0v) is 16.5. The Morgan fingerprint density at radius 1 is 0.586 bits per heavy atom. The summed E-state index contributed by atoms with van der Waals surface area (Å²) in [7, 11) is 0. The zero-order valence-electron chi connectivity index (χ0n) is 14.9. The Bertz CT molecular complexity index is 1080. The lowest BCUT2D eigenvalue weighted by Gasteiger charge is -2.07. The van der Waals surface area contributed by atoms with Crippen molar-refractivity contribution in [3.63, 3.8) is 0 Å². The third-order valence-electron chi connectivity index (χ3n) is 4.15. The Kier molecular flexibility index (Phi) is 5.16. The molecule has 0 bridgehead atoms. The van der Waals surface area contributed by atoms with Gasteiger partial charge in [0.05, 0.1) is 0 Å². The molecule has 0 atom stereocenters. The summed E-state index contributed by atoms with van der Waals surface area (Å²) in [4.78, 5) is 24.4. The monoisotopic (exact) mass is 422 g/mol. The highest BCUT2D eigenvalue weighted by atomic mass is 32.1. The molecule has 2 heterocycles. The molecule has 4 rings (SSSR count). The van der Waals surface area contributed by atoms with E-state index >= 15 is 0 Å². The van der Waals surface area contributed by atoms with Crippen LogP contribution in [-0.4, -0.2) is 22.2 Å². The zero-order chi connectivity index (χ0) is 20.4. The van der Waals surface area contributed by atoms with Crippen LogP contribution in [-0.2, 0) is 0 Å². The molecule has 4 aromatic rings. The second-order valence-corrected chi connectivity index (χ2v) is 8.26. The molecule has 2 aromatic carbocycles. The molecule has 0 fully saturated rings. The van der Waals surface area contributed by atoms with Gasteiger partial charge in [0.15, 0.2) is 0 Å². The van der Waals surface area contributed by atoms with Crippen molar-refractivity contribution >= 4 is 34.6 Å². The smallest absolute Gasteiger partial charge is 0.345 e. The van der Waals surface area contributed by atoms with Gasteiger partial charge >= 0.3 is 11.9 Å². The molecule has 0 spiro atoms. The van der Waals surface area contributed by atoms with Crippen LogP contribution in [0.4, 0.5) is 0 Å². The number of aromatic carboxylic acids is 2. The maximum absolute atomic E-state index is 11.0. The third-order valence-corrected chi connectivity index (χ3v) is 6.39. The summed E-state index contributed by atoms with van der Waals surface area (Å²) in [5, 5.41) is 18.1. The van der Waals surface area contributed by atoms with E-state index in [1.54, 1.807) is 24.3 Å². The van der Waals surface area contributed by atoms with Crippen LogP contribution in [0.5, 0.6) is 11.5 Å². The van der Waals surface area contributed by atoms with Gasteiger partial charge in [-0.2, -0.15) is 0 Å². The Hall–Kier alpha value is -3.42. The summed E-state index contributed by atoms with van der Waals surface area (Å²) < 4.78 is 5.87. The number of ether oxygens (including phenoxy) is 1. The molecular formula is C22H14O5S2. The molecule has 7 heteroatoms. The van der Waals surface area contributed by atoms with Crippen LogP contribution in [0.3, 0.4) is 0 Å². The average Bonchev–Trinajstić information content (AvgIpc) is 3.40. The summed E-state index contributed by atoms with van der Waals surface area (Å²) in [6.45, 7) is 0. The predicted octanol–water partition coefficient (Wildman–Crippen LogP) is 6.33. The molecule has 0 amide bonds. The molecule has 0 unspecified atom stereocenters. The first-order valence-electron chi connectivity index (χ1n) is 8.54. The lowest BCUT2D eigenvalue weighted by molar-refractivity contribution is 0.0691. The summed E-state index contributed by atoms with van der Waals surface area (Å²) in [6.07, 6.45) is 0. The van der Waals surface area contributed by atoms with E-state index in [1.807, 2.05) is 48.5 Å². The van der Waals surface area contributed by atoms with Crippen LogP contribution in [0.2, 0.25) is 0 Å². The molecule has 0 aliphatic rings. The first-order chi connectivity index (χ1) is 14.0. The molecule has 0 saturated heterocycles. The van der Waals surface area contributed by atoms with Crippen molar-refractivity contribution in [1.82, 2.24) is 0 Å². The maximum Gasteiger partial charge on any atom is 0.345 e. The van der Waals surface area contributed by atoms with Crippen molar-refractivity contribution in [1.29, 1.82) is 0 Å². The van der Waals surface area contributed by atoms with Gasteiger partial charge in [0.1, 0.15) is 21.3 Å². The van der Waals surface area contributed by atoms with E-state index in [0.717, 1.165) is 20.9 Å². The Morgan fingerprint density at radius 3 is 1.28 bits per heavy atom. The fraction of sp³-hybridized carbons (Fsp3) is 0. The van der Waals surface area contributed by atoms with Crippen molar-refractivity contribution in [3.05, 3.63) is 82.6 Å². The highest BCUT2D eigenvalue weighted by molar-refractivity contribution is 7.17. The molecule has 0 aliphatic heterocycles. The highest BCUT2D eigenvalue weighted by Gasteiger charge is 2.10. The molecule has 5 nitrogen and oxygen atoms in total. The minimum Gasteiger partial charge on any atom is -0.477 e. The molecule has 2 aromatic heterocycles. The van der Waals surface area contributed by atoms with Gasteiger partial charge in [0.25, 0.3) is 0 Å². The third kappa shape index (κ3) is 4.21. The van der Waals surface area contributed by atoms with Crippen molar-refractivity contribution in [2.45, 2.75) is 0 Å². The Morgan fingerprint density at radius 2 is 0.966 bits per heavy atom. The SMILES string of the molecule is O=C(O)c1ccc(-c2ccc(Oc3ccc(-c4ccc(C(=O)O)s4)cc3)cc2)s1. The standard InChI is InChI=1S/C22H14O5S2/c23-21(24)19-11-9-17(28-19)13-1-5-15(6-2-13)27-16-7-3-14(4-8-16)18-10-12-20(29-18)22(25)26/h1-12H,(H,23,24)(H,25,26). The highest BCUT2D eigenvalue weighted by Crippen LogP contribution is 2.32. The van der Waals surface area contributed by atoms with Gasteiger partial charge in [-0.05, 0) is 83.9 Å². The van der Waals surface area contributed by atoms with Crippen LogP contribution < -0.4 is 4.74 Å². The van der Waals surface area contributed by atoms with Gasteiger partial charge in [-0.3, -0.25) is 0 Å². The van der Waals surface area contributed by atoms with Crippen molar-refractivity contribution in [3.8, 4) is 32.4 Å². The van der Waals surface area contributed by atoms with Crippen LogP contribution in [0, 0.1) is 0 Å². The van der Waals surface area contributed by atoms with Gasteiger partial charge < -0.3 is 14.9 Å². The van der Waals surface area contributed by atoms with E-state index in [2.05, 4.69) is 0 Å². The minimum atomic E-state index is -0.925. The minimum absolute atomic E-state index is 0.307. The van der Waals surface area contributed by atoms with E-state index in [-0.39, 0.29) is 0 Å². The fourth-order valence-electron chi connectivity index (χ4n) is 2.73. The number of hydrogen-bond acceptors (Lipinski definition) is 5. The molecule has 2 N–H and O–H groups in total. The number of hydrogen-bond donors (Lipinski definition) is 2. The largest absolute Gasteiger partial charge is 0.477 e. The molecule has 0 saturated carbocycles. The van der Waals surface area contributed by atoms with E-state index < -0.39 is 11.9 Å². The first-order valence-corrected chi connectivity index (χ1v) is 10.2. The molecule has 144 valence electrons. The predicted molar refractivity (Wildman–Crippen MR) is 114 cm³/mol. The average molecular weight is 422 g/mol. The number of carbonyl (C=O) groups is 2. The second-order valence-electron chi connectivity index (χ2n) is 6.09.